The summed E-state index contributed by atoms with van der Waals surface area (Å²) in [6.07, 6.45) is 0.992. The lowest BCUT2D eigenvalue weighted by atomic mass is 9.81. The molecule has 0 spiro atoms. The van der Waals surface area contributed by atoms with E-state index in [4.69, 9.17) is 28.0 Å². The zero-order valence-corrected chi connectivity index (χ0v) is 20.3. The number of benzene rings is 3. The maximum atomic E-state index is 13.1. The summed E-state index contributed by atoms with van der Waals surface area (Å²) in [6, 6.07) is 22.8. The van der Waals surface area contributed by atoms with Gasteiger partial charge in [0.05, 0.1) is 29.7 Å². The second-order valence-electron chi connectivity index (χ2n) is 8.67. The standard InChI is InChI=1S/C27H25Cl2N3O2/c1-17-25(33)16-24(18-6-10-20(28)11-7-18)32(27(17)19-8-12-21(29)13-9-19)34-15-14-26-30-22-4-2-3-5-23(22)31-26/h2-13,17,24,27H,14-16H2,1H3,(H,30,31)/t17-,24?,27?/m1/s1. The topological polar surface area (TPSA) is 58.2 Å². The van der Waals surface area contributed by atoms with Gasteiger partial charge in [0, 0.05) is 28.8 Å². The number of hydrogen-bond acceptors (Lipinski definition) is 4. The minimum absolute atomic E-state index is 0.206. The molecule has 5 nitrogen and oxygen atoms in total. The molecular formula is C27H25Cl2N3O2. The Bertz CT molecular complexity index is 1250. The summed E-state index contributed by atoms with van der Waals surface area (Å²) >= 11 is 12.3. The van der Waals surface area contributed by atoms with E-state index in [9.17, 15) is 4.79 Å². The molecule has 1 aliphatic rings. The molecule has 3 aromatic carbocycles. The fourth-order valence-corrected chi connectivity index (χ4v) is 4.90. The number of ketones is 1. The number of H-pyrrole nitrogens is 1. The van der Waals surface area contributed by atoms with Gasteiger partial charge < -0.3 is 4.98 Å². The molecule has 0 radical (unpaired) electrons. The average molecular weight is 494 g/mol. The first kappa shape index (κ1) is 23.1. The maximum Gasteiger partial charge on any atom is 0.139 e. The van der Waals surface area contributed by atoms with E-state index in [0.717, 1.165) is 28.0 Å². The Hall–Kier alpha value is -2.70. The number of carbonyl (C=O) groups is 1. The smallest absolute Gasteiger partial charge is 0.139 e. The Morgan fingerprint density at radius 2 is 1.62 bits per heavy atom. The molecule has 1 aromatic heterocycles. The van der Waals surface area contributed by atoms with Gasteiger partial charge in [0.2, 0.25) is 0 Å². The van der Waals surface area contributed by atoms with E-state index in [1.54, 1.807) is 0 Å². The maximum absolute atomic E-state index is 13.1. The van der Waals surface area contributed by atoms with Gasteiger partial charge in [-0.3, -0.25) is 9.63 Å². The van der Waals surface area contributed by atoms with E-state index >= 15 is 0 Å². The molecule has 0 saturated carbocycles. The van der Waals surface area contributed by atoms with Crippen molar-refractivity contribution in [3.8, 4) is 0 Å². The number of para-hydroxylation sites is 2. The molecule has 2 heterocycles. The molecule has 0 bridgehead atoms. The molecule has 174 valence electrons. The molecule has 7 heteroatoms. The number of rotatable bonds is 6. The molecule has 4 aromatic rings. The molecule has 5 rings (SSSR count). The van der Waals surface area contributed by atoms with Crippen molar-refractivity contribution in [2.75, 3.05) is 6.61 Å². The summed E-state index contributed by atoms with van der Waals surface area (Å²) in [6.45, 7) is 2.39. The molecule has 0 amide bonds. The highest BCUT2D eigenvalue weighted by Gasteiger charge is 2.42. The SMILES string of the molecule is C[C@@H]1C(=O)CC(c2ccc(Cl)cc2)N(OCCc2nc3ccccc3[nH]2)C1c1ccc(Cl)cc1. The lowest BCUT2D eigenvalue weighted by molar-refractivity contribution is -0.237. The Balaban J connectivity index is 1.44. The normalized spacial score (nSPS) is 21.3. The Morgan fingerprint density at radius 3 is 2.29 bits per heavy atom. The largest absolute Gasteiger partial charge is 0.342 e. The third-order valence-corrected chi connectivity index (χ3v) is 6.95. The van der Waals surface area contributed by atoms with Gasteiger partial charge in [0.25, 0.3) is 0 Å². The van der Waals surface area contributed by atoms with Crippen LogP contribution in [0.3, 0.4) is 0 Å². The van der Waals surface area contributed by atoms with Crippen molar-refractivity contribution in [2.45, 2.75) is 31.8 Å². The third kappa shape index (κ3) is 4.75. The number of aromatic nitrogens is 2. The highest BCUT2D eigenvalue weighted by Crippen LogP contribution is 2.43. The van der Waals surface area contributed by atoms with E-state index in [0.29, 0.717) is 29.5 Å². The van der Waals surface area contributed by atoms with E-state index < -0.39 is 0 Å². The fraction of sp³-hybridized carbons (Fsp3) is 0.259. The zero-order valence-electron chi connectivity index (χ0n) is 18.7. The van der Waals surface area contributed by atoms with Crippen LogP contribution in [0.1, 0.15) is 42.4 Å². The first-order chi connectivity index (χ1) is 16.5. The van der Waals surface area contributed by atoms with Crippen LogP contribution in [0, 0.1) is 5.92 Å². The van der Waals surface area contributed by atoms with Gasteiger partial charge in [-0.2, -0.15) is 5.06 Å². The number of hydroxylamine groups is 2. The second-order valence-corrected chi connectivity index (χ2v) is 9.54. The van der Waals surface area contributed by atoms with Gasteiger partial charge in [-0.05, 0) is 47.5 Å². The molecular weight excluding hydrogens is 469 g/mol. The number of carbonyl (C=O) groups excluding carboxylic acids is 1. The van der Waals surface area contributed by atoms with Crippen molar-refractivity contribution < 1.29 is 9.63 Å². The monoisotopic (exact) mass is 493 g/mol. The van der Waals surface area contributed by atoms with Gasteiger partial charge in [0.15, 0.2) is 0 Å². The number of imidazole rings is 1. The predicted molar refractivity (Wildman–Crippen MR) is 135 cm³/mol. The highest BCUT2D eigenvalue weighted by molar-refractivity contribution is 6.30. The van der Waals surface area contributed by atoms with Crippen LogP contribution in [0.25, 0.3) is 11.0 Å². The van der Waals surface area contributed by atoms with Crippen LogP contribution in [0.4, 0.5) is 0 Å². The molecule has 1 saturated heterocycles. The van der Waals surface area contributed by atoms with Crippen molar-refractivity contribution in [3.63, 3.8) is 0 Å². The molecule has 1 fully saturated rings. The molecule has 0 aliphatic carbocycles. The Morgan fingerprint density at radius 1 is 0.971 bits per heavy atom. The number of piperidine rings is 1. The van der Waals surface area contributed by atoms with Crippen molar-refractivity contribution in [1.82, 2.24) is 15.0 Å². The van der Waals surface area contributed by atoms with E-state index in [-0.39, 0.29) is 23.8 Å². The van der Waals surface area contributed by atoms with Crippen molar-refractivity contribution in [2.24, 2.45) is 5.92 Å². The van der Waals surface area contributed by atoms with E-state index in [2.05, 4.69) is 9.97 Å². The van der Waals surface area contributed by atoms with Crippen LogP contribution < -0.4 is 0 Å². The van der Waals surface area contributed by atoms with Gasteiger partial charge in [-0.1, -0.05) is 66.5 Å². The molecule has 3 atom stereocenters. The van der Waals surface area contributed by atoms with Gasteiger partial charge in [-0.25, -0.2) is 4.98 Å². The Labute approximate surface area is 208 Å². The van der Waals surface area contributed by atoms with Crippen LogP contribution in [0.2, 0.25) is 10.0 Å². The summed E-state index contributed by atoms with van der Waals surface area (Å²) in [5.41, 5.74) is 3.93. The van der Waals surface area contributed by atoms with Gasteiger partial charge in [-0.15, -0.1) is 0 Å². The highest BCUT2D eigenvalue weighted by atomic mass is 35.5. The predicted octanol–water partition coefficient (Wildman–Crippen LogP) is 6.74. The number of nitrogens with zero attached hydrogens (tertiary/aromatic N) is 2. The molecule has 1 N–H and O–H groups in total. The van der Waals surface area contributed by atoms with E-state index in [1.165, 1.54) is 0 Å². The van der Waals surface area contributed by atoms with Crippen LogP contribution in [0.5, 0.6) is 0 Å². The first-order valence-corrected chi connectivity index (χ1v) is 12.1. The van der Waals surface area contributed by atoms with Crippen molar-refractivity contribution >= 4 is 40.0 Å². The molecule has 2 unspecified atom stereocenters. The fourth-order valence-electron chi connectivity index (χ4n) is 4.64. The van der Waals surface area contributed by atoms with Crippen molar-refractivity contribution in [3.05, 3.63) is 99.8 Å². The summed E-state index contributed by atoms with van der Waals surface area (Å²) in [5.74, 6) is 0.849. The summed E-state index contributed by atoms with van der Waals surface area (Å²) < 4.78 is 0. The first-order valence-electron chi connectivity index (χ1n) is 11.4. The number of hydrogen-bond donors (Lipinski definition) is 1. The van der Waals surface area contributed by atoms with Crippen LogP contribution in [-0.4, -0.2) is 27.4 Å². The van der Waals surface area contributed by atoms with Gasteiger partial charge in [0.1, 0.15) is 11.6 Å². The zero-order chi connectivity index (χ0) is 23.7. The molecule has 1 aliphatic heterocycles. The van der Waals surface area contributed by atoms with Crippen LogP contribution in [-0.2, 0) is 16.1 Å². The number of nitrogens with one attached hydrogen (secondary N) is 1. The summed E-state index contributed by atoms with van der Waals surface area (Å²) in [4.78, 5) is 27.6. The van der Waals surface area contributed by atoms with Crippen molar-refractivity contribution in [1.29, 1.82) is 0 Å². The minimum atomic E-state index is -0.241. The number of aromatic amines is 1. The quantitative estimate of drug-likeness (QED) is 0.323. The lowest BCUT2D eigenvalue weighted by Gasteiger charge is -2.44. The average Bonchev–Trinajstić information content (AvgIpc) is 3.25. The molecule has 34 heavy (non-hydrogen) atoms. The van der Waals surface area contributed by atoms with Crippen LogP contribution in [0.15, 0.2) is 72.8 Å². The minimum Gasteiger partial charge on any atom is -0.342 e. The number of halogens is 2. The van der Waals surface area contributed by atoms with Gasteiger partial charge >= 0.3 is 0 Å². The van der Waals surface area contributed by atoms with E-state index in [1.807, 2.05) is 84.8 Å². The summed E-state index contributed by atoms with van der Waals surface area (Å²) in [7, 11) is 0. The second kappa shape index (κ2) is 9.88. The summed E-state index contributed by atoms with van der Waals surface area (Å²) in [5, 5.41) is 3.30. The Kier molecular flexibility index (Phi) is 6.70. The number of fused-ring (bicyclic) bond motifs is 1. The number of Topliss-reactive ketones (excluding diaryl/α,β-unsaturated/α-hetero) is 1. The third-order valence-electron chi connectivity index (χ3n) is 6.44. The lowest BCUT2D eigenvalue weighted by Crippen LogP contribution is -2.45. The van der Waals surface area contributed by atoms with Crippen LogP contribution >= 0.6 is 23.2 Å².